The predicted molar refractivity (Wildman–Crippen MR) is 91.1 cm³/mol. The van der Waals surface area contributed by atoms with Crippen LogP contribution in [0.2, 0.25) is 0 Å². The minimum atomic E-state index is -0.282. The Hall–Kier alpha value is -1.59. The van der Waals surface area contributed by atoms with Crippen molar-refractivity contribution >= 4 is 45.9 Å². The number of thiocarbonyl (C=S) groups is 1. The standard InChI is InChI=1S/C16H15NO2S2/c1-9(13-14(18)17-15(20)21-13)10-4-5-12-11(8-10)6-7-16(2,3)19-12/h4-8H,1-3H3,(H,17,18,20). The summed E-state index contributed by atoms with van der Waals surface area (Å²) >= 11 is 6.35. The summed E-state index contributed by atoms with van der Waals surface area (Å²) in [6, 6.07) is 5.97. The third-order valence-corrected chi connectivity index (χ3v) is 4.77. The van der Waals surface area contributed by atoms with Crippen LogP contribution in [-0.4, -0.2) is 15.8 Å². The fraction of sp³-hybridized carbons (Fsp3) is 0.250. The van der Waals surface area contributed by atoms with Crippen molar-refractivity contribution in [2.75, 3.05) is 0 Å². The molecule has 1 aromatic rings. The Labute approximate surface area is 133 Å². The zero-order valence-corrected chi connectivity index (χ0v) is 13.7. The number of carbonyl (C=O) groups excluding carboxylic acids is 1. The molecule has 5 heteroatoms. The number of hydrogen-bond acceptors (Lipinski definition) is 4. The van der Waals surface area contributed by atoms with Gasteiger partial charge in [0.2, 0.25) is 0 Å². The molecule has 1 saturated heterocycles. The first-order valence-electron chi connectivity index (χ1n) is 6.62. The monoisotopic (exact) mass is 317 g/mol. The molecule has 1 fully saturated rings. The molecule has 2 aliphatic rings. The van der Waals surface area contributed by atoms with Crippen molar-refractivity contribution in [1.82, 2.24) is 5.32 Å². The molecule has 0 aromatic heterocycles. The largest absolute Gasteiger partial charge is 0.483 e. The van der Waals surface area contributed by atoms with E-state index in [0.717, 1.165) is 22.4 Å². The Morgan fingerprint density at radius 3 is 2.81 bits per heavy atom. The minimum absolute atomic E-state index is 0.117. The Kier molecular flexibility index (Phi) is 3.42. The first-order chi connectivity index (χ1) is 9.85. The zero-order chi connectivity index (χ0) is 15.2. The summed E-state index contributed by atoms with van der Waals surface area (Å²) in [5, 5.41) is 2.65. The molecule has 1 aromatic carbocycles. The van der Waals surface area contributed by atoms with Gasteiger partial charge >= 0.3 is 0 Å². The van der Waals surface area contributed by atoms with Crippen molar-refractivity contribution in [3.05, 3.63) is 40.3 Å². The highest BCUT2D eigenvalue weighted by molar-refractivity contribution is 8.26. The summed E-state index contributed by atoms with van der Waals surface area (Å²) in [4.78, 5) is 12.5. The van der Waals surface area contributed by atoms with Gasteiger partial charge in [-0.25, -0.2) is 0 Å². The first-order valence-corrected chi connectivity index (χ1v) is 7.85. The average molecular weight is 317 g/mol. The lowest BCUT2D eigenvalue weighted by Crippen LogP contribution is -2.27. The van der Waals surface area contributed by atoms with Crippen LogP contribution in [0.1, 0.15) is 31.9 Å². The lowest BCUT2D eigenvalue weighted by molar-refractivity contribution is -0.115. The minimum Gasteiger partial charge on any atom is -0.483 e. The molecule has 0 saturated carbocycles. The van der Waals surface area contributed by atoms with Gasteiger partial charge in [-0.1, -0.05) is 36.1 Å². The number of fused-ring (bicyclic) bond motifs is 1. The van der Waals surface area contributed by atoms with Gasteiger partial charge in [-0.3, -0.25) is 4.79 Å². The highest BCUT2D eigenvalue weighted by Gasteiger charge is 2.26. The second kappa shape index (κ2) is 5.00. The highest BCUT2D eigenvalue weighted by Crippen LogP contribution is 2.36. The molecule has 0 atom stereocenters. The van der Waals surface area contributed by atoms with Crippen molar-refractivity contribution in [2.24, 2.45) is 0 Å². The van der Waals surface area contributed by atoms with Gasteiger partial charge in [0.1, 0.15) is 15.7 Å². The average Bonchev–Trinajstić information content (AvgIpc) is 2.75. The number of nitrogens with one attached hydrogen (secondary N) is 1. The second-order valence-electron chi connectivity index (χ2n) is 5.59. The van der Waals surface area contributed by atoms with Gasteiger partial charge < -0.3 is 10.1 Å². The van der Waals surface area contributed by atoms with E-state index in [1.54, 1.807) is 0 Å². The number of hydrogen-bond donors (Lipinski definition) is 1. The van der Waals surface area contributed by atoms with E-state index in [9.17, 15) is 4.79 Å². The molecule has 3 nitrogen and oxygen atoms in total. The zero-order valence-electron chi connectivity index (χ0n) is 12.0. The number of thioether (sulfide) groups is 1. The third-order valence-electron chi connectivity index (χ3n) is 3.44. The number of ether oxygens (including phenoxy) is 1. The van der Waals surface area contributed by atoms with Crippen LogP contribution < -0.4 is 10.1 Å². The summed E-state index contributed by atoms with van der Waals surface area (Å²) in [5.41, 5.74) is 2.68. The predicted octanol–water partition coefficient (Wildman–Crippen LogP) is 3.75. The van der Waals surface area contributed by atoms with E-state index in [4.69, 9.17) is 17.0 Å². The van der Waals surface area contributed by atoms with Crippen LogP contribution in [0.4, 0.5) is 0 Å². The highest BCUT2D eigenvalue weighted by atomic mass is 32.2. The van der Waals surface area contributed by atoms with Crippen LogP contribution in [0, 0.1) is 0 Å². The third kappa shape index (κ3) is 2.76. The molecule has 2 heterocycles. The molecule has 1 amide bonds. The van der Waals surface area contributed by atoms with Gasteiger partial charge in [0.15, 0.2) is 0 Å². The molecule has 0 spiro atoms. The lowest BCUT2D eigenvalue weighted by Gasteiger charge is -2.28. The molecular formula is C16H15NO2S2. The maximum Gasteiger partial charge on any atom is 0.263 e. The van der Waals surface area contributed by atoms with Crippen LogP contribution in [-0.2, 0) is 4.79 Å². The van der Waals surface area contributed by atoms with E-state index < -0.39 is 0 Å². The molecule has 21 heavy (non-hydrogen) atoms. The molecular weight excluding hydrogens is 302 g/mol. The molecule has 2 aliphatic heterocycles. The van der Waals surface area contributed by atoms with Crippen molar-refractivity contribution in [3.63, 3.8) is 0 Å². The SMILES string of the molecule is CC(=C1SC(=S)NC1=O)c1ccc2c(c1)C=CC(C)(C)O2. The number of allylic oxidation sites excluding steroid dienone is 1. The Morgan fingerprint density at radius 2 is 2.14 bits per heavy atom. The van der Waals surface area contributed by atoms with Crippen molar-refractivity contribution < 1.29 is 9.53 Å². The summed E-state index contributed by atoms with van der Waals surface area (Å²) in [6.07, 6.45) is 4.10. The van der Waals surface area contributed by atoms with Crippen molar-refractivity contribution in [3.8, 4) is 5.75 Å². The van der Waals surface area contributed by atoms with Gasteiger partial charge in [-0.15, -0.1) is 0 Å². The van der Waals surface area contributed by atoms with E-state index in [0.29, 0.717) is 9.23 Å². The number of amides is 1. The fourth-order valence-electron chi connectivity index (χ4n) is 2.30. The molecule has 0 bridgehead atoms. The van der Waals surface area contributed by atoms with Gasteiger partial charge in [0.05, 0.1) is 4.91 Å². The normalized spacial score (nSPS) is 21.7. The Morgan fingerprint density at radius 1 is 1.38 bits per heavy atom. The van der Waals surface area contributed by atoms with E-state index >= 15 is 0 Å². The summed E-state index contributed by atoms with van der Waals surface area (Å²) in [5.74, 6) is 0.747. The van der Waals surface area contributed by atoms with Crippen molar-refractivity contribution in [1.29, 1.82) is 0 Å². The van der Waals surface area contributed by atoms with Gasteiger partial charge in [0, 0.05) is 5.56 Å². The molecule has 0 radical (unpaired) electrons. The molecule has 108 valence electrons. The number of carbonyl (C=O) groups is 1. The van der Waals surface area contributed by atoms with Crippen molar-refractivity contribution in [2.45, 2.75) is 26.4 Å². The van der Waals surface area contributed by atoms with E-state index in [2.05, 4.69) is 11.4 Å². The number of rotatable bonds is 1. The fourth-order valence-corrected chi connectivity index (χ4v) is 3.39. The van der Waals surface area contributed by atoms with E-state index in [1.165, 1.54) is 11.8 Å². The van der Waals surface area contributed by atoms with E-state index in [-0.39, 0.29) is 11.5 Å². The first kappa shape index (κ1) is 14.4. The van der Waals surface area contributed by atoms with Crippen LogP contribution in [0.5, 0.6) is 5.75 Å². The van der Waals surface area contributed by atoms with Gasteiger partial charge in [-0.2, -0.15) is 0 Å². The molecule has 0 aliphatic carbocycles. The Balaban J connectivity index is 2.01. The molecule has 3 rings (SSSR count). The quantitative estimate of drug-likeness (QED) is 0.632. The smallest absolute Gasteiger partial charge is 0.263 e. The van der Waals surface area contributed by atoms with Crippen LogP contribution >= 0.6 is 24.0 Å². The number of benzene rings is 1. The topological polar surface area (TPSA) is 38.3 Å². The lowest BCUT2D eigenvalue weighted by atomic mass is 9.98. The van der Waals surface area contributed by atoms with Crippen LogP contribution in [0.3, 0.4) is 0 Å². The molecule has 0 unspecified atom stereocenters. The maximum absolute atomic E-state index is 11.9. The molecule has 1 N–H and O–H groups in total. The van der Waals surface area contributed by atoms with Gasteiger partial charge in [0.25, 0.3) is 5.91 Å². The Bertz CT molecular complexity index is 717. The van der Waals surface area contributed by atoms with E-state index in [1.807, 2.05) is 45.0 Å². The second-order valence-corrected chi connectivity index (χ2v) is 7.28. The van der Waals surface area contributed by atoms with Gasteiger partial charge in [-0.05, 0) is 50.1 Å². The summed E-state index contributed by atoms with van der Waals surface area (Å²) in [7, 11) is 0. The van der Waals surface area contributed by atoms with Crippen LogP contribution in [0.15, 0.2) is 29.2 Å². The summed E-state index contributed by atoms with van der Waals surface area (Å²) in [6.45, 7) is 5.98. The van der Waals surface area contributed by atoms with Crippen LogP contribution in [0.25, 0.3) is 11.6 Å². The summed E-state index contributed by atoms with van der Waals surface area (Å²) < 4.78 is 6.42. The maximum atomic E-state index is 11.9.